The van der Waals surface area contributed by atoms with E-state index in [0.717, 1.165) is 55.5 Å². The van der Waals surface area contributed by atoms with E-state index < -0.39 is 0 Å². The summed E-state index contributed by atoms with van der Waals surface area (Å²) < 4.78 is 10.6. The molecule has 0 aromatic heterocycles. The molecule has 2 N–H and O–H groups in total. The van der Waals surface area contributed by atoms with Crippen LogP contribution in [0.3, 0.4) is 0 Å². The highest BCUT2D eigenvalue weighted by Crippen LogP contribution is 2.24. The van der Waals surface area contributed by atoms with Crippen LogP contribution in [-0.2, 0) is 6.42 Å². The van der Waals surface area contributed by atoms with Crippen LogP contribution in [0, 0.1) is 0 Å². The number of benzene rings is 1. The summed E-state index contributed by atoms with van der Waals surface area (Å²) in [5, 5.41) is 6.54. The van der Waals surface area contributed by atoms with Crippen LogP contribution >= 0.6 is 0 Å². The van der Waals surface area contributed by atoms with Crippen LogP contribution in [0.15, 0.2) is 23.2 Å². The lowest BCUT2D eigenvalue weighted by Gasteiger charge is -2.16. The van der Waals surface area contributed by atoms with E-state index in [0.29, 0.717) is 0 Å². The second-order valence-electron chi connectivity index (χ2n) is 4.37. The van der Waals surface area contributed by atoms with Crippen molar-refractivity contribution < 1.29 is 9.47 Å². The van der Waals surface area contributed by atoms with E-state index in [1.807, 2.05) is 18.2 Å². The Labute approximate surface area is 114 Å². The fraction of sp³-hybridized carbons (Fsp3) is 0.500. The molecule has 0 radical (unpaired) electrons. The summed E-state index contributed by atoms with van der Waals surface area (Å²) in [6.07, 6.45) is 1.99. The van der Waals surface area contributed by atoms with Gasteiger partial charge >= 0.3 is 0 Å². The van der Waals surface area contributed by atoms with Gasteiger partial charge in [-0.2, -0.15) is 0 Å². The van der Waals surface area contributed by atoms with Crippen LogP contribution in [0.1, 0.15) is 12.0 Å². The Hall–Kier alpha value is -1.91. The minimum atomic E-state index is 0.812. The van der Waals surface area contributed by atoms with Gasteiger partial charge in [-0.15, -0.1) is 0 Å². The summed E-state index contributed by atoms with van der Waals surface area (Å²) in [6, 6.07) is 5.90. The van der Waals surface area contributed by atoms with E-state index in [1.54, 1.807) is 14.2 Å². The quantitative estimate of drug-likeness (QED) is 0.838. The molecule has 0 fully saturated rings. The zero-order chi connectivity index (χ0) is 13.5. The smallest absolute Gasteiger partial charge is 0.191 e. The van der Waals surface area contributed by atoms with Crippen molar-refractivity contribution in [3.63, 3.8) is 0 Å². The van der Waals surface area contributed by atoms with Gasteiger partial charge in [0.05, 0.1) is 14.2 Å². The van der Waals surface area contributed by atoms with Crippen LogP contribution < -0.4 is 20.1 Å². The molecule has 1 aliphatic rings. The van der Waals surface area contributed by atoms with Crippen molar-refractivity contribution >= 4 is 5.96 Å². The Morgan fingerprint density at radius 2 is 2.21 bits per heavy atom. The van der Waals surface area contributed by atoms with Crippen LogP contribution in [0.25, 0.3) is 0 Å². The zero-order valence-corrected chi connectivity index (χ0v) is 11.5. The molecule has 0 saturated heterocycles. The van der Waals surface area contributed by atoms with Crippen molar-refractivity contribution in [1.82, 2.24) is 10.6 Å². The lowest BCUT2D eigenvalue weighted by molar-refractivity contribution is 0.391. The van der Waals surface area contributed by atoms with Gasteiger partial charge in [-0.25, -0.2) is 0 Å². The SMILES string of the molecule is COc1ccc(CCNC2=NCCCN2)c(OC)c1. The number of hydrogen-bond donors (Lipinski definition) is 2. The molecule has 1 aromatic carbocycles. The monoisotopic (exact) mass is 263 g/mol. The van der Waals surface area contributed by atoms with Gasteiger partial charge in [0, 0.05) is 25.7 Å². The molecule has 5 heteroatoms. The molecule has 0 spiro atoms. The first-order valence-electron chi connectivity index (χ1n) is 6.56. The van der Waals surface area contributed by atoms with Crippen molar-refractivity contribution in [3.05, 3.63) is 23.8 Å². The Morgan fingerprint density at radius 3 is 2.89 bits per heavy atom. The summed E-state index contributed by atoms with van der Waals surface area (Å²) in [4.78, 5) is 4.37. The summed E-state index contributed by atoms with van der Waals surface area (Å²) in [5.41, 5.74) is 1.16. The average molecular weight is 263 g/mol. The van der Waals surface area contributed by atoms with Gasteiger partial charge in [0.1, 0.15) is 11.5 Å². The van der Waals surface area contributed by atoms with Crippen molar-refractivity contribution in [2.75, 3.05) is 33.9 Å². The highest BCUT2D eigenvalue weighted by molar-refractivity contribution is 5.80. The summed E-state index contributed by atoms with van der Waals surface area (Å²) >= 11 is 0. The summed E-state index contributed by atoms with van der Waals surface area (Å²) in [7, 11) is 3.33. The molecule has 1 aliphatic heterocycles. The maximum absolute atomic E-state index is 5.38. The minimum Gasteiger partial charge on any atom is -0.497 e. The number of nitrogens with zero attached hydrogens (tertiary/aromatic N) is 1. The molecule has 104 valence electrons. The molecule has 2 rings (SSSR count). The molecule has 0 saturated carbocycles. The van der Waals surface area contributed by atoms with Crippen molar-refractivity contribution in [1.29, 1.82) is 0 Å². The van der Waals surface area contributed by atoms with Gasteiger partial charge < -0.3 is 20.1 Å². The Kier molecular flexibility index (Phi) is 4.89. The topological polar surface area (TPSA) is 54.9 Å². The molecule has 0 atom stereocenters. The molecule has 1 heterocycles. The molecule has 19 heavy (non-hydrogen) atoms. The van der Waals surface area contributed by atoms with Crippen LogP contribution in [0.5, 0.6) is 11.5 Å². The third-order valence-corrected chi connectivity index (χ3v) is 3.08. The first-order chi connectivity index (χ1) is 9.33. The number of guanidine groups is 1. The number of hydrogen-bond acceptors (Lipinski definition) is 5. The second kappa shape index (κ2) is 6.87. The number of nitrogens with one attached hydrogen (secondary N) is 2. The van der Waals surface area contributed by atoms with Crippen molar-refractivity contribution in [2.45, 2.75) is 12.8 Å². The Bertz CT molecular complexity index is 446. The molecule has 0 bridgehead atoms. The van der Waals surface area contributed by atoms with E-state index in [-0.39, 0.29) is 0 Å². The van der Waals surface area contributed by atoms with Crippen LogP contribution in [0.2, 0.25) is 0 Å². The zero-order valence-electron chi connectivity index (χ0n) is 11.5. The van der Waals surface area contributed by atoms with Gasteiger partial charge in [-0.1, -0.05) is 6.07 Å². The second-order valence-corrected chi connectivity index (χ2v) is 4.37. The highest BCUT2D eigenvalue weighted by atomic mass is 16.5. The molecule has 0 aliphatic carbocycles. The number of rotatable bonds is 5. The standard InChI is InChI=1S/C14H21N3O2/c1-18-12-5-4-11(13(10-12)19-2)6-9-17-14-15-7-3-8-16-14/h4-5,10H,3,6-9H2,1-2H3,(H2,15,16,17). The predicted molar refractivity (Wildman–Crippen MR) is 76.2 cm³/mol. The first kappa shape index (κ1) is 13.5. The van der Waals surface area contributed by atoms with E-state index in [1.165, 1.54) is 0 Å². The normalized spacial score (nSPS) is 14.3. The molecule has 5 nitrogen and oxygen atoms in total. The predicted octanol–water partition coefficient (Wildman–Crippen LogP) is 1.19. The van der Waals surface area contributed by atoms with E-state index in [2.05, 4.69) is 15.6 Å². The van der Waals surface area contributed by atoms with E-state index >= 15 is 0 Å². The van der Waals surface area contributed by atoms with Gasteiger partial charge in [0.25, 0.3) is 0 Å². The van der Waals surface area contributed by atoms with Gasteiger partial charge in [-0.05, 0) is 24.5 Å². The summed E-state index contributed by atoms with van der Waals surface area (Å²) in [5.74, 6) is 2.57. The fourth-order valence-electron chi connectivity index (χ4n) is 2.02. The van der Waals surface area contributed by atoms with Crippen LogP contribution in [0.4, 0.5) is 0 Å². The van der Waals surface area contributed by atoms with Crippen molar-refractivity contribution in [3.8, 4) is 11.5 Å². The molecular formula is C14H21N3O2. The minimum absolute atomic E-state index is 0.812. The number of ether oxygens (including phenoxy) is 2. The average Bonchev–Trinajstić information content (AvgIpc) is 2.48. The first-order valence-corrected chi connectivity index (χ1v) is 6.56. The number of methoxy groups -OCH3 is 2. The lowest BCUT2D eigenvalue weighted by Crippen LogP contribution is -2.41. The van der Waals surface area contributed by atoms with Gasteiger partial charge in [-0.3, -0.25) is 4.99 Å². The van der Waals surface area contributed by atoms with Crippen LogP contribution in [-0.4, -0.2) is 39.8 Å². The number of aliphatic imine (C=N–C) groups is 1. The Morgan fingerprint density at radius 1 is 1.32 bits per heavy atom. The third kappa shape index (κ3) is 3.77. The largest absolute Gasteiger partial charge is 0.497 e. The van der Waals surface area contributed by atoms with Gasteiger partial charge in [0.2, 0.25) is 0 Å². The maximum atomic E-state index is 5.38. The highest BCUT2D eigenvalue weighted by Gasteiger charge is 2.06. The molecule has 0 amide bonds. The van der Waals surface area contributed by atoms with Gasteiger partial charge in [0.15, 0.2) is 5.96 Å². The molecule has 1 aromatic rings. The summed E-state index contributed by atoms with van der Waals surface area (Å²) in [6.45, 7) is 2.73. The third-order valence-electron chi connectivity index (χ3n) is 3.08. The molecule has 0 unspecified atom stereocenters. The van der Waals surface area contributed by atoms with E-state index in [9.17, 15) is 0 Å². The Balaban J connectivity index is 1.89. The maximum Gasteiger partial charge on any atom is 0.191 e. The van der Waals surface area contributed by atoms with Crippen molar-refractivity contribution in [2.24, 2.45) is 4.99 Å². The lowest BCUT2D eigenvalue weighted by atomic mass is 10.1. The van der Waals surface area contributed by atoms with E-state index in [4.69, 9.17) is 9.47 Å². The fourth-order valence-corrected chi connectivity index (χ4v) is 2.02. The molecular weight excluding hydrogens is 242 g/mol.